The fourth-order valence-electron chi connectivity index (χ4n) is 3.88. The summed E-state index contributed by atoms with van der Waals surface area (Å²) in [6, 6.07) is 19.3. The van der Waals surface area contributed by atoms with Gasteiger partial charge in [0.25, 0.3) is 0 Å². The number of ether oxygens (including phenoxy) is 1. The number of hydrogen-bond donors (Lipinski definition) is 1. The van der Waals surface area contributed by atoms with Crippen molar-refractivity contribution in [3.05, 3.63) is 84.2 Å². The molecule has 4 rings (SSSR count). The molecule has 2 aromatic carbocycles. The van der Waals surface area contributed by atoms with Gasteiger partial charge in [0.1, 0.15) is 0 Å². The summed E-state index contributed by atoms with van der Waals surface area (Å²) in [4.78, 5) is 12.5. The van der Waals surface area contributed by atoms with E-state index in [4.69, 9.17) is 4.74 Å². The first-order valence-electron chi connectivity index (χ1n) is 9.64. The Morgan fingerprint density at radius 2 is 1.50 bits per heavy atom. The lowest BCUT2D eigenvalue weighted by Gasteiger charge is -2.10. The molecule has 0 aromatic heterocycles. The van der Waals surface area contributed by atoms with Crippen LogP contribution >= 0.6 is 0 Å². The molecule has 0 atom stereocenters. The average molecular weight is 450 g/mol. The van der Waals surface area contributed by atoms with Crippen molar-refractivity contribution in [2.24, 2.45) is 0 Å². The number of sulfone groups is 1. The van der Waals surface area contributed by atoms with Gasteiger partial charge in [-0.15, -0.1) is 0 Å². The molecule has 0 saturated heterocycles. The highest BCUT2D eigenvalue weighted by Gasteiger charge is 2.29. The second kappa shape index (κ2) is 8.09. The number of carboxylic acids is 1. The van der Waals surface area contributed by atoms with Crippen molar-refractivity contribution in [3.63, 3.8) is 0 Å². The lowest BCUT2D eigenvalue weighted by Crippen LogP contribution is -1.99. The van der Waals surface area contributed by atoms with Crippen LogP contribution in [-0.4, -0.2) is 32.9 Å². The Morgan fingerprint density at radius 1 is 0.875 bits per heavy atom. The Bertz CT molecular complexity index is 1410. The molecule has 7 heteroatoms. The van der Waals surface area contributed by atoms with Gasteiger partial charge >= 0.3 is 5.97 Å². The maximum atomic E-state index is 14.6. The largest absolute Gasteiger partial charge is 0.494 e. The Hall–Kier alpha value is -3.71. The van der Waals surface area contributed by atoms with Crippen molar-refractivity contribution in [1.29, 1.82) is 0 Å². The predicted octanol–water partition coefficient (Wildman–Crippen LogP) is 5.37. The van der Waals surface area contributed by atoms with Crippen molar-refractivity contribution in [2.75, 3.05) is 13.4 Å². The second-order valence-electron chi connectivity index (χ2n) is 7.31. The lowest BCUT2D eigenvalue weighted by atomic mass is 9.95. The summed E-state index contributed by atoms with van der Waals surface area (Å²) >= 11 is 0. The van der Waals surface area contributed by atoms with Crippen LogP contribution in [0.3, 0.4) is 0 Å². The standard InChI is InChI=1S/C25H19FO5S/c1-31-21-13-10-16(14-20(21)26)22-18-6-4-3-5-7-19(18)24(25(27)28)23(22)15-8-11-17(12-9-15)32(2,29)30/h3-14H,1-2H3,(H,27,28). The van der Waals surface area contributed by atoms with Gasteiger partial charge in [-0.25, -0.2) is 17.6 Å². The third kappa shape index (κ3) is 3.71. The summed E-state index contributed by atoms with van der Waals surface area (Å²) < 4.78 is 43.3. The van der Waals surface area contributed by atoms with Gasteiger partial charge in [0.2, 0.25) is 0 Å². The first-order valence-corrected chi connectivity index (χ1v) is 11.5. The van der Waals surface area contributed by atoms with Crippen LogP contribution in [0.4, 0.5) is 4.39 Å². The van der Waals surface area contributed by atoms with Crippen LogP contribution in [-0.2, 0) is 9.84 Å². The monoisotopic (exact) mass is 450 g/mol. The summed E-state index contributed by atoms with van der Waals surface area (Å²) in [6.45, 7) is 0. The van der Waals surface area contributed by atoms with E-state index in [9.17, 15) is 22.7 Å². The van der Waals surface area contributed by atoms with E-state index in [0.29, 0.717) is 33.4 Å². The molecule has 0 bridgehead atoms. The average Bonchev–Trinajstić information content (AvgIpc) is 2.89. The lowest BCUT2D eigenvalue weighted by molar-refractivity contribution is 0.0699. The topological polar surface area (TPSA) is 80.7 Å². The molecule has 0 amide bonds. The number of rotatable bonds is 5. The number of methoxy groups -OCH3 is 1. The highest BCUT2D eigenvalue weighted by atomic mass is 32.2. The van der Waals surface area contributed by atoms with E-state index >= 15 is 0 Å². The van der Waals surface area contributed by atoms with Crippen molar-refractivity contribution < 1.29 is 27.4 Å². The molecule has 32 heavy (non-hydrogen) atoms. The van der Waals surface area contributed by atoms with Crippen LogP contribution in [0.15, 0.2) is 77.7 Å². The van der Waals surface area contributed by atoms with Crippen LogP contribution in [0.5, 0.6) is 5.75 Å². The fraction of sp³-hybridized carbons (Fsp3) is 0.0800. The van der Waals surface area contributed by atoms with Crippen LogP contribution < -0.4 is 4.74 Å². The van der Waals surface area contributed by atoms with E-state index in [0.717, 1.165) is 6.26 Å². The van der Waals surface area contributed by atoms with E-state index < -0.39 is 21.6 Å². The van der Waals surface area contributed by atoms with Gasteiger partial charge in [0.05, 0.1) is 17.6 Å². The van der Waals surface area contributed by atoms with E-state index in [1.54, 1.807) is 48.5 Å². The number of benzene rings is 2. The molecule has 0 heterocycles. The number of carboxylic acid groups (broad SMARTS) is 1. The van der Waals surface area contributed by atoms with Gasteiger partial charge in [0.15, 0.2) is 21.4 Å². The summed E-state index contributed by atoms with van der Waals surface area (Å²) in [6.07, 6.45) is 1.10. The molecule has 162 valence electrons. The molecule has 0 saturated carbocycles. The minimum atomic E-state index is -3.42. The summed E-state index contributed by atoms with van der Waals surface area (Å²) in [5, 5.41) is 10.1. The maximum absolute atomic E-state index is 14.6. The number of fused-ring (bicyclic) bond motifs is 1. The Labute approximate surface area is 185 Å². The number of halogens is 1. The SMILES string of the molecule is COc1ccc(-c2c3cccccc-3c(C(=O)O)c2-c2ccc(S(C)(=O)=O)cc2)cc1F. The highest BCUT2D eigenvalue weighted by Crippen LogP contribution is 2.48. The van der Waals surface area contributed by atoms with Gasteiger partial charge in [-0.3, -0.25) is 0 Å². The Morgan fingerprint density at radius 3 is 2.06 bits per heavy atom. The maximum Gasteiger partial charge on any atom is 0.336 e. The number of aromatic carboxylic acids is 1. The smallest absolute Gasteiger partial charge is 0.336 e. The first kappa shape index (κ1) is 21.5. The van der Waals surface area contributed by atoms with Gasteiger partial charge in [-0.2, -0.15) is 0 Å². The Kier molecular flexibility index (Phi) is 5.44. The van der Waals surface area contributed by atoms with Crippen molar-refractivity contribution in [3.8, 4) is 39.1 Å². The van der Waals surface area contributed by atoms with Crippen molar-refractivity contribution >= 4 is 15.8 Å². The third-order valence-electron chi connectivity index (χ3n) is 5.30. The molecule has 2 aliphatic carbocycles. The fourth-order valence-corrected chi connectivity index (χ4v) is 4.51. The molecule has 5 nitrogen and oxygen atoms in total. The summed E-state index contributed by atoms with van der Waals surface area (Å²) in [5.41, 5.74) is 3.13. The van der Waals surface area contributed by atoms with Crippen LogP contribution in [0.25, 0.3) is 33.4 Å². The zero-order chi connectivity index (χ0) is 23.0. The normalized spacial score (nSPS) is 11.5. The highest BCUT2D eigenvalue weighted by molar-refractivity contribution is 7.90. The van der Waals surface area contributed by atoms with Gasteiger partial charge in [0, 0.05) is 11.8 Å². The molecule has 0 aliphatic heterocycles. The minimum Gasteiger partial charge on any atom is -0.494 e. The van der Waals surface area contributed by atoms with E-state index in [1.807, 2.05) is 0 Å². The van der Waals surface area contributed by atoms with E-state index in [2.05, 4.69) is 0 Å². The van der Waals surface area contributed by atoms with Crippen molar-refractivity contribution in [1.82, 2.24) is 0 Å². The predicted molar refractivity (Wildman–Crippen MR) is 121 cm³/mol. The van der Waals surface area contributed by atoms with E-state index in [-0.39, 0.29) is 16.2 Å². The molecular weight excluding hydrogens is 431 g/mol. The van der Waals surface area contributed by atoms with Crippen LogP contribution in [0.2, 0.25) is 0 Å². The Balaban J connectivity index is 2.10. The van der Waals surface area contributed by atoms with Gasteiger partial charge in [-0.1, -0.05) is 48.5 Å². The summed E-state index contributed by atoms with van der Waals surface area (Å²) in [7, 11) is -2.05. The molecule has 1 N–H and O–H groups in total. The zero-order valence-electron chi connectivity index (χ0n) is 17.3. The number of carbonyl (C=O) groups is 1. The van der Waals surface area contributed by atoms with Crippen LogP contribution in [0, 0.1) is 5.82 Å². The molecule has 0 radical (unpaired) electrons. The van der Waals surface area contributed by atoms with Gasteiger partial charge in [-0.05, 0) is 52.1 Å². The van der Waals surface area contributed by atoms with E-state index in [1.165, 1.54) is 31.4 Å². The van der Waals surface area contributed by atoms with Gasteiger partial charge < -0.3 is 9.84 Å². The molecular formula is C25H19FO5S. The third-order valence-corrected chi connectivity index (χ3v) is 6.43. The second-order valence-corrected chi connectivity index (χ2v) is 9.33. The quantitative estimate of drug-likeness (QED) is 0.442. The molecule has 2 aliphatic rings. The molecule has 0 fully saturated rings. The summed E-state index contributed by atoms with van der Waals surface area (Å²) in [5.74, 6) is -1.63. The minimum absolute atomic E-state index is 0.0644. The molecule has 2 aromatic rings. The zero-order valence-corrected chi connectivity index (χ0v) is 18.1. The first-order chi connectivity index (χ1) is 15.2. The van der Waals surface area contributed by atoms with Crippen molar-refractivity contribution in [2.45, 2.75) is 4.90 Å². The van der Waals surface area contributed by atoms with Crippen LogP contribution in [0.1, 0.15) is 10.4 Å². The number of hydrogen-bond acceptors (Lipinski definition) is 4. The molecule has 0 spiro atoms. The molecule has 0 unspecified atom stereocenters.